The minimum Gasteiger partial charge on any atom is -0.331 e. The van der Waals surface area contributed by atoms with E-state index in [-0.39, 0.29) is 19.1 Å². The number of hydrogen-bond donors (Lipinski definition) is 0. The number of benzene rings is 1. The van der Waals surface area contributed by atoms with Gasteiger partial charge >= 0.3 is 0 Å². The van der Waals surface area contributed by atoms with Gasteiger partial charge in [0.1, 0.15) is 13.2 Å². The van der Waals surface area contributed by atoms with Crippen molar-refractivity contribution in [2.75, 3.05) is 37.9 Å². The molecule has 1 amide bonds. The number of ether oxygens (including phenoxy) is 2. The highest BCUT2D eigenvalue weighted by molar-refractivity contribution is 6.06. The molecule has 3 heterocycles. The van der Waals surface area contributed by atoms with Gasteiger partial charge in [0.2, 0.25) is 0 Å². The van der Waals surface area contributed by atoms with Crippen LogP contribution in [-0.4, -0.2) is 54.2 Å². The monoisotopic (exact) mass is 375 g/mol. The van der Waals surface area contributed by atoms with Gasteiger partial charge in [-0.25, -0.2) is 0 Å². The van der Waals surface area contributed by atoms with Crippen molar-refractivity contribution in [2.24, 2.45) is 5.92 Å². The molecule has 1 spiro atoms. The Bertz CT molecular complexity index is 751. The number of hydrogen-bond acceptors (Lipinski definition) is 6. The zero-order chi connectivity index (χ0) is 19.2. The van der Waals surface area contributed by atoms with E-state index < -0.39 is 16.2 Å². The first-order valence-corrected chi connectivity index (χ1v) is 9.42. The minimum atomic E-state index is -1.57. The molecule has 3 aliphatic rings. The Morgan fingerprint density at radius 2 is 1.85 bits per heavy atom. The Morgan fingerprint density at radius 3 is 2.48 bits per heavy atom. The summed E-state index contributed by atoms with van der Waals surface area (Å²) >= 11 is 0. The lowest BCUT2D eigenvalue weighted by molar-refractivity contribution is -0.590. The molecule has 0 aliphatic carbocycles. The number of para-hydroxylation sites is 1. The van der Waals surface area contributed by atoms with Crippen molar-refractivity contribution >= 4 is 11.6 Å². The van der Waals surface area contributed by atoms with Crippen molar-refractivity contribution in [3.63, 3.8) is 0 Å². The molecule has 8 heteroatoms. The average molecular weight is 375 g/mol. The van der Waals surface area contributed by atoms with E-state index in [1.54, 1.807) is 11.0 Å². The van der Waals surface area contributed by atoms with Crippen molar-refractivity contribution in [1.82, 2.24) is 4.90 Å². The topological polar surface area (TPSA) is 85.2 Å². The van der Waals surface area contributed by atoms with E-state index in [4.69, 9.17) is 9.47 Å². The van der Waals surface area contributed by atoms with Crippen molar-refractivity contribution in [3.05, 3.63) is 39.9 Å². The van der Waals surface area contributed by atoms with Gasteiger partial charge in [-0.1, -0.05) is 25.1 Å². The Hall–Kier alpha value is -2.03. The molecule has 0 saturated carbocycles. The van der Waals surface area contributed by atoms with E-state index in [0.717, 1.165) is 31.6 Å². The molecule has 3 aliphatic heterocycles. The fourth-order valence-electron chi connectivity index (χ4n) is 3.92. The maximum Gasteiger partial charge on any atom is 0.293 e. The molecule has 1 aromatic carbocycles. The van der Waals surface area contributed by atoms with E-state index in [1.807, 2.05) is 18.2 Å². The lowest BCUT2D eigenvalue weighted by Gasteiger charge is -2.38. The molecule has 0 unspecified atom stereocenters. The standard InChI is InChI=1S/C19H25N3O5/c1-14-7-9-20(10-8-14)13-21-16-6-4-3-5-15(16)19(17(21)23)26-11-18(2,12-27-19)22(24)25/h3-6,14H,7-13H2,1-2H3. The highest BCUT2D eigenvalue weighted by atomic mass is 16.7. The van der Waals surface area contributed by atoms with Gasteiger partial charge in [0, 0.05) is 30.5 Å². The Kier molecular flexibility index (Phi) is 4.44. The molecule has 8 nitrogen and oxygen atoms in total. The van der Waals surface area contributed by atoms with Crippen LogP contribution in [0, 0.1) is 16.0 Å². The lowest BCUT2D eigenvalue weighted by atomic mass is 10.00. The Balaban J connectivity index is 1.60. The van der Waals surface area contributed by atoms with Crippen LogP contribution in [0.15, 0.2) is 24.3 Å². The van der Waals surface area contributed by atoms with Gasteiger partial charge in [-0.2, -0.15) is 0 Å². The summed E-state index contributed by atoms with van der Waals surface area (Å²) in [5, 5.41) is 11.3. The predicted molar refractivity (Wildman–Crippen MR) is 97.7 cm³/mol. The van der Waals surface area contributed by atoms with Gasteiger partial charge in [0.05, 0.1) is 12.4 Å². The van der Waals surface area contributed by atoms with Crippen molar-refractivity contribution < 1.29 is 19.2 Å². The molecule has 0 radical (unpaired) electrons. The third-order valence-corrected chi connectivity index (χ3v) is 5.91. The van der Waals surface area contributed by atoms with Gasteiger partial charge < -0.3 is 9.47 Å². The summed E-state index contributed by atoms with van der Waals surface area (Å²) < 4.78 is 11.6. The second-order valence-corrected chi connectivity index (χ2v) is 8.14. The summed E-state index contributed by atoms with van der Waals surface area (Å²) in [6.07, 6.45) is 2.23. The van der Waals surface area contributed by atoms with Crippen LogP contribution in [0.1, 0.15) is 32.3 Å². The van der Waals surface area contributed by atoms with Crippen LogP contribution in [0.3, 0.4) is 0 Å². The molecule has 2 fully saturated rings. The summed E-state index contributed by atoms with van der Waals surface area (Å²) in [7, 11) is 0. The molecular formula is C19H25N3O5. The van der Waals surface area contributed by atoms with Gasteiger partial charge in [0.15, 0.2) is 0 Å². The Morgan fingerprint density at radius 1 is 1.22 bits per heavy atom. The number of piperidine rings is 1. The number of nitrogens with zero attached hydrogens (tertiary/aromatic N) is 3. The fraction of sp³-hybridized carbons (Fsp3) is 0.632. The maximum atomic E-state index is 13.3. The molecule has 146 valence electrons. The summed E-state index contributed by atoms with van der Waals surface area (Å²) in [6.45, 7) is 5.74. The highest BCUT2D eigenvalue weighted by Gasteiger charge is 2.60. The maximum absolute atomic E-state index is 13.3. The second-order valence-electron chi connectivity index (χ2n) is 8.14. The predicted octanol–water partition coefficient (Wildman–Crippen LogP) is 1.96. The minimum absolute atomic E-state index is 0.171. The molecule has 0 aromatic heterocycles. The molecule has 2 saturated heterocycles. The van der Waals surface area contributed by atoms with Crippen LogP contribution in [0.4, 0.5) is 5.69 Å². The third-order valence-electron chi connectivity index (χ3n) is 5.91. The van der Waals surface area contributed by atoms with E-state index >= 15 is 0 Å². The van der Waals surface area contributed by atoms with E-state index in [0.29, 0.717) is 18.2 Å². The summed E-state index contributed by atoms with van der Waals surface area (Å²) in [4.78, 5) is 28.2. The summed E-state index contributed by atoms with van der Waals surface area (Å²) in [5.74, 6) is -1.17. The fourth-order valence-corrected chi connectivity index (χ4v) is 3.92. The molecule has 0 N–H and O–H groups in total. The zero-order valence-electron chi connectivity index (χ0n) is 15.7. The summed E-state index contributed by atoms with van der Waals surface area (Å²) in [6, 6.07) is 7.39. The molecule has 0 bridgehead atoms. The van der Waals surface area contributed by atoms with Crippen LogP contribution in [-0.2, 0) is 20.1 Å². The first-order chi connectivity index (χ1) is 12.9. The molecular weight excluding hydrogens is 350 g/mol. The van der Waals surface area contributed by atoms with Crippen LogP contribution in [0.2, 0.25) is 0 Å². The van der Waals surface area contributed by atoms with Crippen LogP contribution in [0.25, 0.3) is 0 Å². The van der Waals surface area contributed by atoms with Crippen molar-refractivity contribution in [2.45, 2.75) is 38.0 Å². The van der Waals surface area contributed by atoms with Gasteiger partial charge in [-0.05, 0) is 24.8 Å². The smallest absolute Gasteiger partial charge is 0.293 e. The lowest BCUT2D eigenvalue weighted by Crippen LogP contribution is -2.58. The second kappa shape index (κ2) is 6.54. The molecule has 27 heavy (non-hydrogen) atoms. The van der Waals surface area contributed by atoms with Crippen LogP contribution >= 0.6 is 0 Å². The number of carbonyl (C=O) groups excluding carboxylic acids is 1. The molecule has 0 atom stereocenters. The van der Waals surface area contributed by atoms with Crippen LogP contribution < -0.4 is 4.90 Å². The number of amides is 1. The van der Waals surface area contributed by atoms with E-state index in [1.165, 1.54) is 6.92 Å². The number of carbonyl (C=O) groups is 1. The number of rotatable bonds is 3. The van der Waals surface area contributed by atoms with Crippen LogP contribution in [0.5, 0.6) is 0 Å². The van der Waals surface area contributed by atoms with Crippen molar-refractivity contribution in [3.8, 4) is 0 Å². The molecule has 4 rings (SSSR count). The third kappa shape index (κ3) is 2.92. The quantitative estimate of drug-likeness (QED) is 0.593. The Labute approximate surface area is 158 Å². The van der Waals surface area contributed by atoms with E-state index in [9.17, 15) is 14.9 Å². The SMILES string of the molecule is CC1CCN(CN2C(=O)C3(OCC(C)([N+](=O)[O-])CO3)c3ccccc32)CC1. The first-order valence-electron chi connectivity index (χ1n) is 9.42. The number of likely N-dealkylation sites (tertiary alicyclic amines) is 1. The number of anilines is 1. The number of fused-ring (bicyclic) bond motifs is 2. The van der Waals surface area contributed by atoms with Gasteiger partial charge in [-0.3, -0.25) is 24.7 Å². The van der Waals surface area contributed by atoms with Crippen molar-refractivity contribution in [1.29, 1.82) is 0 Å². The average Bonchev–Trinajstić information content (AvgIpc) is 2.89. The van der Waals surface area contributed by atoms with E-state index in [2.05, 4.69) is 11.8 Å². The largest absolute Gasteiger partial charge is 0.331 e. The summed E-state index contributed by atoms with van der Waals surface area (Å²) in [5.41, 5.74) is 0.0354. The van der Waals surface area contributed by atoms with Gasteiger partial charge in [0.25, 0.3) is 17.2 Å². The number of nitro groups is 1. The molecule has 1 aromatic rings. The zero-order valence-corrected chi connectivity index (χ0v) is 15.7. The first kappa shape index (κ1) is 18.3. The van der Waals surface area contributed by atoms with Gasteiger partial charge in [-0.15, -0.1) is 0 Å². The normalized spacial score (nSPS) is 32.1. The highest BCUT2D eigenvalue weighted by Crippen LogP contribution is 2.46.